The molecule has 2 unspecified atom stereocenters. The zero-order valence-corrected chi connectivity index (χ0v) is 33.3. The molecule has 0 spiro atoms. The largest absolute Gasteiger partial charge is 0.472 e. The van der Waals surface area contributed by atoms with Crippen LogP contribution in [0, 0.1) is 0 Å². The van der Waals surface area contributed by atoms with Crippen LogP contribution in [0.2, 0.25) is 0 Å². The van der Waals surface area contributed by atoms with Crippen molar-refractivity contribution >= 4 is 19.8 Å². The number of carbonyl (C=O) groups is 2. The molecule has 9 heteroatoms. The van der Waals surface area contributed by atoms with Gasteiger partial charge < -0.3 is 14.4 Å². The third-order valence-electron chi connectivity index (χ3n) is 9.35. The molecule has 49 heavy (non-hydrogen) atoms. The smallest absolute Gasteiger partial charge is 0.462 e. The lowest BCUT2D eigenvalue weighted by molar-refractivity contribution is -0.161. The summed E-state index contributed by atoms with van der Waals surface area (Å²) >= 11 is 0. The second-order valence-electron chi connectivity index (χ2n) is 14.1. The Morgan fingerprint density at radius 2 is 0.796 bits per heavy atom. The van der Waals surface area contributed by atoms with Gasteiger partial charge in [0.15, 0.2) is 6.10 Å². The molecular weight excluding hydrogens is 639 g/mol. The summed E-state index contributed by atoms with van der Waals surface area (Å²) in [4.78, 5) is 34.4. The van der Waals surface area contributed by atoms with Crippen LogP contribution in [-0.2, 0) is 32.7 Å². The van der Waals surface area contributed by atoms with Gasteiger partial charge in [-0.15, -0.1) is 0 Å². The SMILES string of the molecule is CCCCCCCCCCCCCCCCCCCCC(=O)OC(COC(=O)CCCCCCCCCCCCCC)COP(=O)(O)OC. The maximum Gasteiger partial charge on any atom is 0.472 e. The summed E-state index contributed by atoms with van der Waals surface area (Å²) in [5, 5.41) is 0. The predicted octanol–water partition coefficient (Wildman–Crippen LogP) is 12.7. The Hall–Kier alpha value is -0.950. The number of rotatable bonds is 39. The van der Waals surface area contributed by atoms with E-state index < -0.39 is 26.5 Å². The summed E-state index contributed by atoms with van der Waals surface area (Å²) in [5.41, 5.74) is 0. The number of esters is 2. The second kappa shape index (κ2) is 36.8. The van der Waals surface area contributed by atoms with Crippen molar-refractivity contribution in [2.75, 3.05) is 20.3 Å². The van der Waals surface area contributed by atoms with E-state index in [1.165, 1.54) is 154 Å². The minimum absolute atomic E-state index is 0.217. The fraction of sp³-hybridized carbons (Fsp3) is 0.950. The zero-order valence-electron chi connectivity index (χ0n) is 32.4. The molecule has 0 bridgehead atoms. The highest BCUT2D eigenvalue weighted by Crippen LogP contribution is 2.42. The van der Waals surface area contributed by atoms with Crippen molar-refractivity contribution in [3.8, 4) is 0 Å². The molecule has 0 aromatic carbocycles. The Labute approximate surface area is 302 Å². The number of unbranched alkanes of at least 4 members (excludes halogenated alkanes) is 28. The van der Waals surface area contributed by atoms with Crippen LogP contribution in [0.1, 0.15) is 219 Å². The van der Waals surface area contributed by atoms with Crippen LogP contribution in [0.4, 0.5) is 0 Å². The zero-order chi connectivity index (χ0) is 36.1. The number of phosphoric acid groups is 1. The van der Waals surface area contributed by atoms with Gasteiger partial charge in [0.25, 0.3) is 0 Å². The van der Waals surface area contributed by atoms with Gasteiger partial charge in [-0.1, -0.05) is 194 Å². The van der Waals surface area contributed by atoms with Crippen LogP contribution in [0.25, 0.3) is 0 Å². The van der Waals surface area contributed by atoms with Crippen molar-refractivity contribution in [3.63, 3.8) is 0 Å². The summed E-state index contributed by atoms with van der Waals surface area (Å²) < 4.78 is 31.9. The molecule has 0 rings (SSSR count). The first-order chi connectivity index (χ1) is 23.8. The lowest BCUT2D eigenvalue weighted by atomic mass is 10.0. The van der Waals surface area contributed by atoms with Gasteiger partial charge >= 0.3 is 19.8 Å². The maximum atomic E-state index is 12.5. The molecule has 1 N–H and O–H groups in total. The normalized spacial score (nSPS) is 13.3. The minimum atomic E-state index is -4.25. The molecular formula is C40H79O8P. The fourth-order valence-corrected chi connectivity index (χ4v) is 6.59. The van der Waals surface area contributed by atoms with Crippen molar-refractivity contribution in [1.29, 1.82) is 0 Å². The van der Waals surface area contributed by atoms with Crippen molar-refractivity contribution < 1.29 is 37.6 Å². The highest BCUT2D eigenvalue weighted by Gasteiger charge is 2.24. The average molecular weight is 719 g/mol. The van der Waals surface area contributed by atoms with Gasteiger partial charge in [-0.05, 0) is 12.8 Å². The molecule has 0 aliphatic carbocycles. The highest BCUT2D eigenvalue weighted by atomic mass is 31.2. The molecule has 0 saturated heterocycles. The van der Waals surface area contributed by atoms with E-state index in [1.54, 1.807) is 0 Å². The molecule has 292 valence electrons. The van der Waals surface area contributed by atoms with Gasteiger partial charge in [0.1, 0.15) is 6.61 Å². The molecule has 0 aliphatic rings. The molecule has 8 nitrogen and oxygen atoms in total. The van der Waals surface area contributed by atoms with Crippen molar-refractivity contribution in [2.45, 2.75) is 225 Å². The Morgan fingerprint density at radius 3 is 1.12 bits per heavy atom. The summed E-state index contributed by atoms with van der Waals surface area (Å²) in [6, 6.07) is 0. The Kier molecular flexibility index (Phi) is 36.1. The van der Waals surface area contributed by atoms with E-state index >= 15 is 0 Å². The molecule has 0 radical (unpaired) electrons. The number of ether oxygens (including phenoxy) is 2. The number of phosphoric ester groups is 1. The third-order valence-corrected chi connectivity index (χ3v) is 10.3. The van der Waals surface area contributed by atoms with E-state index in [-0.39, 0.29) is 19.0 Å². The molecule has 0 aromatic heterocycles. The third kappa shape index (κ3) is 36.6. The second-order valence-corrected chi connectivity index (χ2v) is 15.7. The lowest BCUT2D eigenvalue weighted by Gasteiger charge is -2.19. The minimum Gasteiger partial charge on any atom is -0.462 e. The van der Waals surface area contributed by atoms with Crippen molar-refractivity contribution in [3.05, 3.63) is 0 Å². The van der Waals surface area contributed by atoms with Crippen LogP contribution >= 0.6 is 7.82 Å². The van der Waals surface area contributed by atoms with Crippen LogP contribution in [0.5, 0.6) is 0 Å². The van der Waals surface area contributed by atoms with Crippen molar-refractivity contribution in [2.24, 2.45) is 0 Å². The Balaban J connectivity index is 3.94. The Bertz CT molecular complexity index is 777. The van der Waals surface area contributed by atoms with Gasteiger partial charge in [-0.2, -0.15) is 0 Å². The summed E-state index contributed by atoms with van der Waals surface area (Å²) in [7, 11) is -3.18. The van der Waals surface area contributed by atoms with Crippen LogP contribution in [0.3, 0.4) is 0 Å². The first-order valence-corrected chi connectivity index (χ1v) is 22.2. The Morgan fingerprint density at radius 1 is 0.490 bits per heavy atom. The molecule has 0 fully saturated rings. The monoisotopic (exact) mass is 719 g/mol. The summed E-state index contributed by atoms with van der Waals surface area (Å²) in [5.74, 6) is -0.789. The molecule has 0 saturated carbocycles. The van der Waals surface area contributed by atoms with Crippen LogP contribution < -0.4 is 0 Å². The molecule has 0 aromatic rings. The first kappa shape index (κ1) is 48.0. The quantitative estimate of drug-likeness (QED) is 0.0380. The van der Waals surface area contributed by atoms with Crippen molar-refractivity contribution in [1.82, 2.24) is 0 Å². The predicted molar refractivity (Wildman–Crippen MR) is 203 cm³/mol. The number of hydrogen-bond acceptors (Lipinski definition) is 7. The lowest BCUT2D eigenvalue weighted by Crippen LogP contribution is -2.29. The summed E-state index contributed by atoms with van der Waals surface area (Å²) in [6.07, 6.45) is 37.2. The summed E-state index contributed by atoms with van der Waals surface area (Å²) in [6.45, 7) is 3.91. The van der Waals surface area contributed by atoms with E-state index in [4.69, 9.17) is 14.0 Å². The number of carbonyl (C=O) groups excluding carboxylic acids is 2. The van der Waals surface area contributed by atoms with Gasteiger partial charge in [0.2, 0.25) is 0 Å². The van der Waals surface area contributed by atoms with E-state index in [1.807, 2.05) is 0 Å². The molecule has 0 heterocycles. The topological polar surface area (TPSA) is 108 Å². The van der Waals surface area contributed by atoms with Gasteiger partial charge in [0.05, 0.1) is 6.61 Å². The first-order valence-electron chi connectivity index (χ1n) is 20.7. The fourth-order valence-electron chi connectivity index (χ4n) is 6.13. The maximum absolute atomic E-state index is 12.5. The van der Waals surface area contributed by atoms with E-state index in [2.05, 4.69) is 18.4 Å². The van der Waals surface area contributed by atoms with Crippen LogP contribution in [0.15, 0.2) is 0 Å². The van der Waals surface area contributed by atoms with Gasteiger partial charge in [0, 0.05) is 20.0 Å². The van der Waals surface area contributed by atoms with E-state index in [0.717, 1.165) is 45.6 Å². The standard InChI is InChI=1S/C40H79O8P/c1-4-6-8-10-12-14-16-18-19-20-21-22-23-25-27-29-31-33-35-40(42)48-38(37-47-49(43,44)45-3)36-46-39(41)34-32-30-28-26-24-17-15-13-11-9-7-5-2/h38H,4-37H2,1-3H3,(H,43,44). The molecule has 2 atom stereocenters. The van der Waals surface area contributed by atoms with Gasteiger partial charge in [-0.3, -0.25) is 18.6 Å². The highest BCUT2D eigenvalue weighted by molar-refractivity contribution is 7.47. The number of hydrogen-bond donors (Lipinski definition) is 1. The average Bonchev–Trinajstić information content (AvgIpc) is 3.09. The van der Waals surface area contributed by atoms with E-state index in [9.17, 15) is 19.0 Å². The van der Waals surface area contributed by atoms with E-state index in [0.29, 0.717) is 6.42 Å². The van der Waals surface area contributed by atoms with Crippen LogP contribution in [-0.4, -0.2) is 43.3 Å². The molecule has 0 aliphatic heterocycles. The molecule has 0 amide bonds. The van der Waals surface area contributed by atoms with Gasteiger partial charge in [-0.25, -0.2) is 4.57 Å².